The van der Waals surface area contributed by atoms with Gasteiger partial charge in [-0.25, -0.2) is 0 Å². The standard InChI is InChI=1S/C13H19ClN2O/c1-10(15)12-4-3-11(9-13(12)14)16-5-2-7-17-8-6-16/h3-4,9-10H,2,5-8,15H2,1H3. The highest BCUT2D eigenvalue weighted by Crippen LogP contribution is 2.27. The van der Waals surface area contributed by atoms with E-state index in [1.54, 1.807) is 0 Å². The Bertz CT molecular complexity index is 374. The van der Waals surface area contributed by atoms with Gasteiger partial charge in [-0.15, -0.1) is 0 Å². The number of nitrogens with two attached hydrogens (primary N) is 1. The van der Waals surface area contributed by atoms with Gasteiger partial charge >= 0.3 is 0 Å². The Hall–Kier alpha value is -0.770. The third-order valence-corrected chi connectivity index (χ3v) is 3.39. The summed E-state index contributed by atoms with van der Waals surface area (Å²) < 4.78 is 5.44. The van der Waals surface area contributed by atoms with Crippen LogP contribution in [0.15, 0.2) is 18.2 Å². The first-order valence-corrected chi connectivity index (χ1v) is 6.44. The molecule has 1 aliphatic heterocycles. The fraction of sp³-hybridized carbons (Fsp3) is 0.538. The molecule has 2 rings (SSSR count). The van der Waals surface area contributed by atoms with Gasteiger partial charge in [0.15, 0.2) is 0 Å². The summed E-state index contributed by atoms with van der Waals surface area (Å²) in [7, 11) is 0. The Morgan fingerprint density at radius 2 is 2.18 bits per heavy atom. The first-order chi connectivity index (χ1) is 8.18. The fourth-order valence-corrected chi connectivity index (χ4v) is 2.43. The molecule has 1 unspecified atom stereocenters. The number of rotatable bonds is 2. The minimum atomic E-state index is -0.0241. The van der Waals surface area contributed by atoms with E-state index in [1.165, 1.54) is 0 Å². The zero-order chi connectivity index (χ0) is 12.3. The van der Waals surface area contributed by atoms with E-state index >= 15 is 0 Å². The molecule has 1 saturated heterocycles. The van der Waals surface area contributed by atoms with Crippen molar-refractivity contribution in [3.63, 3.8) is 0 Å². The first kappa shape index (κ1) is 12.7. The van der Waals surface area contributed by atoms with Crippen LogP contribution in [0.4, 0.5) is 5.69 Å². The lowest BCUT2D eigenvalue weighted by Crippen LogP contribution is -2.25. The van der Waals surface area contributed by atoms with Crippen LogP contribution in [-0.4, -0.2) is 26.3 Å². The number of hydrogen-bond donors (Lipinski definition) is 1. The van der Waals surface area contributed by atoms with Gasteiger partial charge in [0, 0.05) is 36.4 Å². The molecule has 2 N–H and O–H groups in total. The molecule has 0 aromatic heterocycles. The predicted octanol–water partition coefficient (Wildman–Crippen LogP) is 2.59. The summed E-state index contributed by atoms with van der Waals surface area (Å²) in [5, 5.41) is 0.752. The lowest BCUT2D eigenvalue weighted by Gasteiger charge is -2.23. The van der Waals surface area contributed by atoms with Crippen molar-refractivity contribution >= 4 is 17.3 Å². The van der Waals surface area contributed by atoms with Crippen molar-refractivity contribution in [1.29, 1.82) is 0 Å². The molecule has 94 valence electrons. The van der Waals surface area contributed by atoms with Crippen molar-refractivity contribution in [3.8, 4) is 0 Å². The highest BCUT2D eigenvalue weighted by molar-refractivity contribution is 6.31. The second-order valence-corrected chi connectivity index (χ2v) is 4.85. The Kier molecular flexibility index (Phi) is 4.26. The van der Waals surface area contributed by atoms with Crippen LogP contribution < -0.4 is 10.6 Å². The molecule has 1 aliphatic rings. The number of benzene rings is 1. The van der Waals surface area contributed by atoms with Crippen LogP contribution in [0.3, 0.4) is 0 Å². The van der Waals surface area contributed by atoms with E-state index in [0.29, 0.717) is 0 Å². The molecule has 1 heterocycles. The van der Waals surface area contributed by atoms with Gasteiger partial charge < -0.3 is 15.4 Å². The summed E-state index contributed by atoms with van der Waals surface area (Å²) in [6.07, 6.45) is 1.06. The van der Waals surface area contributed by atoms with Crippen LogP contribution in [0.5, 0.6) is 0 Å². The number of nitrogens with zero attached hydrogens (tertiary/aromatic N) is 1. The van der Waals surface area contributed by atoms with Crippen molar-refractivity contribution in [2.75, 3.05) is 31.2 Å². The monoisotopic (exact) mass is 254 g/mol. The Balaban J connectivity index is 2.18. The topological polar surface area (TPSA) is 38.5 Å². The largest absolute Gasteiger partial charge is 0.380 e. The maximum Gasteiger partial charge on any atom is 0.0641 e. The summed E-state index contributed by atoms with van der Waals surface area (Å²) >= 11 is 6.25. The third kappa shape index (κ3) is 3.12. The molecule has 1 fully saturated rings. The van der Waals surface area contributed by atoms with Crippen LogP contribution in [0.2, 0.25) is 5.02 Å². The molecule has 1 atom stereocenters. The third-order valence-electron chi connectivity index (χ3n) is 3.06. The smallest absolute Gasteiger partial charge is 0.0641 e. The van der Waals surface area contributed by atoms with E-state index in [9.17, 15) is 0 Å². The summed E-state index contributed by atoms with van der Waals surface area (Å²) in [5.74, 6) is 0. The van der Waals surface area contributed by atoms with Gasteiger partial charge in [-0.2, -0.15) is 0 Å². The van der Waals surface area contributed by atoms with E-state index in [4.69, 9.17) is 22.1 Å². The normalized spacial score (nSPS) is 18.9. The number of ether oxygens (including phenoxy) is 1. The molecule has 4 heteroatoms. The molecule has 0 spiro atoms. The first-order valence-electron chi connectivity index (χ1n) is 6.06. The van der Waals surface area contributed by atoms with E-state index in [1.807, 2.05) is 19.1 Å². The average Bonchev–Trinajstić information content (AvgIpc) is 2.56. The summed E-state index contributed by atoms with van der Waals surface area (Å²) in [4.78, 5) is 2.31. The van der Waals surface area contributed by atoms with Crippen LogP contribution in [0, 0.1) is 0 Å². The highest BCUT2D eigenvalue weighted by Gasteiger charge is 2.12. The van der Waals surface area contributed by atoms with Crippen molar-refractivity contribution in [1.82, 2.24) is 0 Å². The Labute approximate surface area is 107 Å². The summed E-state index contributed by atoms with van der Waals surface area (Å²) in [6, 6.07) is 6.10. The maximum absolute atomic E-state index is 6.25. The molecule has 0 bridgehead atoms. The molecule has 0 amide bonds. The van der Waals surface area contributed by atoms with Crippen molar-refractivity contribution in [2.45, 2.75) is 19.4 Å². The molecule has 0 aliphatic carbocycles. The van der Waals surface area contributed by atoms with Gasteiger partial charge in [0.25, 0.3) is 0 Å². The van der Waals surface area contributed by atoms with E-state index in [0.717, 1.165) is 49.0 Å². The number of hydrogen-bond acceptors (Lipinski definition) is 3. The van der Waals surface area contributed by atoms with Gasteiger partial charge in [-0.3, -0.25) is 0 Å². The Morgan fingerprint density at radius 3 is 2.88 bits per heavy atom. The molecule has 1 aromatic carbocycles. The molecule has 17 heavy (non-hydrogen) atoms. The van der Waals surface area contributed by atoms with Crippen LogP contribution in [0.1, 0.15) is 24.9 Å². The van der Waals surface area contributed by atoms with Crippen LogP contribution in [0.25, 0.3) is 0 Å². The second kappa shape index (κ2) is 5.71. The van der Waals surface area contributed by atoms with E-state index in [-0.39, 0.29) is 6.04 Å². The zero-order valence-electron chi connectivity index (χ0n) is 10.2. The second-order valence-electron chi connectivity index (χ2n) is 4.45. The molecule has 0 saturated carbocycles. The van der Waals surface area contributed by atoms with Crippen molar-refractivity contribution in [2.24, 2.45) is 5.73 Å². The number of anilines is 1. The fourth-order valence-electron chi connectivity index (χ4n) is 2.09. The Morgan fingerprint density at radius 1 is 1.35 bits per heavy atom. The minimum absolute atomic E-state index is 0.0241. The molecule has 1 aromatic rings. The van der Waals surface area contributed by atoms with Gasteiger partial charge in [-0.05, 0) is 31.0 Å². The van der Waals surface area contributed by atoms with Gasteiger partial charge in [-0.1, -0.05) is 17.7 Å². The molecular formula is C13H19ClN2O. The SMILES string of the molecule is CC(N)c1ccc(N2CCCOCC2)cc1Cl. The van der Waals surface area contributed by atoms with Crippen molar-refractivity contribution < 1.29 is 4.74 Å². The van der Waals surface area contributed by atoms with Crippen LogP contribution in [-0.2, 0) is 4.74 Å². The lowest BCUT2D eigenvalue weighted by molar-refractivity contribution is 0.152. The van der Waals surface area contributed by atoms with Gasteiger partial charge in [0.2, 0.25) is 0 Å². The van der Waals surface area contributed by atoms with E-state index < -0.39 is 0 Å². The van der Waals surface area contributed by atoms with Crippen LogP contribution >= 0.6 is 11.6 Å². The van der Waals surface area contributed by atoms with Gasteiger partial charge in [0.05, 0.1) is 6.61 Å². The quantitative estimate of drug-likeness (QED) is 0.882. The van der Waals surface area contributed by atoms with Gasteiger partial charge in [0.1, 0.15) is 0 Å². The number of halogens is 1. The molecule has 3 nitrogen and oxygen atoms in total. The minimum Gasteiger partial charge on any atom is -0.380 e. The lowest BCUT2D eigenvalue weighted by atomic mass is 10.1. The van der Waals surface area contributed by atoms with Crippen molar-refractivity contribution in [3.05, 3.63) is 28.8 Å². The maximum atomic E-state index is 6.25. The predicted molar refractivity (Wildman–Crippen MR) is 71.7 cm³/mol. The summed E-state index contributed by atoms with van der Waals surface area (Å²) in [6.45, 7) is 5.52. The highest BCUT2D eigenvalue weighted by atomic mass is 35.5. The molecular weight excluding hydrogens is 236 g/mol. The zero-order valence-corrected chi connectivity index (χ0v) is 10.9. The van der Waals surface area contributed by atoms with E-state index in [2.05, 4.69) is 11.0 Å². The summed E-state index contributed by atoms with van der Waals surface area (Å²) in [5.41, 5.74) is 8.01. The molecule has 0 radical (unpaired) electrons. The average molecular weight is 255 g/mol.